The lowest BCUT2D eigenvalue weighted by atomic mass is 10.4. The number of aliphatic hydroxyl groups excluding tert-OH is 1. The third-order valence-corrected chi connectivity index (χ3v) is 2.97. The topological polar surface area (TPSA) is 20.2 Å². The van der Waals surface area contributed by atoms with Crippen LogP contribution in [-0.2, 0) is 0 Å². The van der Waals surface area contributed by atoms with Crippen LogP contribution in [0.4, 0.5) is 0 Å². The number of aliphatic hydroxyl groups is 1. The Hall–Kier alpha value is -0.380. The second-order valence-electron chi connectivity index (χ2n) is 2.22. The van der Waals surface area contributed by atoms with Crippen LogP contribution in [0, 0.1) is 0 Å². The fraction of sp³-hybridized carbons (Fsp3) is 0.273. The molecule has 1 nitrogen and oxygen atoms in total. The minimum absolute atomic E-state index is 0.250. The van der Waals surface area contributed by atoms with Crippen molar-refractivity contribution in [3.05, 3.63) is 47.9 Å². The van der Waals surface area contributed by atoms with E-state index in [9.17, 15) is 0 Å². The second-order valence-corrected chi connectivity index (χ2v) is 4.54. The SMILES string of the molecule is C1=CSSC1.CCO.c1ccccc1. The lowest BCUT2D eigenvalue weighted by molar-refractivity contribution is 0.318. The monoisotopic (exact) mass is 228 g/mol. The highest BCUT2D eigenvalue weighted by Crippen LogP contribution is 2.27. The Morgan fingerprint density at radius 3 is 1.64 bits per heavy atom. The molecule has 0 atom stereocenters. The normalized spacial score (nSPS) is 12.1. The zero-order valence-corrected chi connectivity index (χ0v) is 9.93. The highest BCUT2D eigenvalue weighted by Gasteiger charge is 1.85. The Labute approximate surface area is 94.0 Å². The summed E-state index contributed by atoms with van der Waals surface area (Å²) < 4.78 is 0. The molecule has 1 aromatic rings. The number of hydrogen-bond acceptors (Lipinski definition) is 3. The van der Waals surface area contributed by atoms with Crippen molar-refractivity contribution in [2.75, 3.05) is 12.4 Å². The maximum Gasteiger partial charge on any atom is 0.0402 e. The first-order valence-corrected chi connectivity index (χ1v) is 6.84. The van der Waals surface area contributed by atoms with E-state index < -0.39 is 0 Å². The van der Waals surface area contributed by atoms with Gasteiger partial charge >= 0.3 is 0 Å². The van der Waals surface area contributed by atoms with Gasteiger partial charge in [0.2, 0.25) is 0 Å². The van der Waals surface area contributed by atoms with Gasteiger partial charge in [0.15, 0.2) is 0 Å². The molecule has 1 N–H and O–H groups in total. The number of hydrogen-bond donors (Lipinski definition) is 1. The first-order chi connectivity index (χ1) is 6.91. The molecule has 0 saturated carbocycles. The van der Waals surface area contributed by atoms with E-state index in [2.05, 4.69) is 11.5 Å². The molecule has 0 spiro atoms. The molecule has 1 heterocycles. The molecule has 0 radical (unpaired) electrons. The molecular formula is C11H16OS2. The summed E-state index contributed by atoms with van der Waals surface area (Å²) in [7, 11) is 3.69. The van der Waals surface area contributed by atoms with Gasteiger partial charge in [-0.25, -0.2) is 0 Å². The summed E-state index contributed by atoms with van der Waals surface area (Å²) in [6.07, 6.45) is 2.16. The molecule has 0 bridgehead atoms. The van der Waals surface area contributed by atoms with E-state index >= 15 is 0 Å². The van der Waals surface area contributed by atoms with Crippen LogP contribution in [0.3, 0.4) is 0 Å². The van der Waals surface area contributed by atoms with Crippen LogP contribution in [0.1, 0.15) is 6.92 Å². The van der Waals surface area contributed by atoms with Crippen molar-refractivity contribution in [2.24, 2.45) is 0 Å². The molecule has 0 aliphatic carbocycles. The standard InChI is InChI=1S/C6H6.C3H4S2.C2H6O/c1-2-4-6-5-3-1;1-2-4-5-3-1;1-2-3/h1-6H;1-2H,3H2;3H,2H2,1H3. The van der Waals surface area contributed by atoms with Crippen LogP contribution < -0.4 is 0 Å². The number of benzene rings is 1. The molecule has 0 amide bonds. The Morgan fingerprint density at radius 2 is 1.50 bits per heavy atom. The van der Waals surface area contributed by atoms with Crippen molar-refractivity contribution in [3.63, 3.8) is 0 Å². The minimum atomic E-state index is 0.250. The van der Waals surface area contributed by atoms with Gasteiger partial charge in [-0.3, -0.25) is 0 Å². The van der Waals surface area contributed by atoms with E-state index in [4.69, 9.17) is 5.11 Å². The molecule has 78 valence electrons. The molecule has 1 aliphatic rings. The van der Waals surface area contributed by atoms with Gasteiger partial charge in [0, 0.05) is 12.4 Å². The zero-order valence-electron chi connectivity index (χ0n) is 8.30. The first-order valence-electron chi connectivity index (χ1n) is 4.46. The smallest absolute Gasteiger partial charge is 0.0402 e. The molecule has 0 saturated heterocycles. The molecule has 1 aliphatic heterocycles. The Balaban J connectivity index is 0.000000193. The fourth-order valence-electron chi connectivity index (χ4n) is 0.581. The van der Waals surface area contributed by atoms with Gasteiger partial charge in [-0.05, 0) is 12.3 Å². The highest BCUT2D eigenvalue weighted by atomic mass is 33.1. The largest absolute Gasteiger partial charge is 0.397 e. The molecule has 14 heavy (non-hydrogen) atoms. The summed E-state index contributed by atoms with van der Waals surface area (Å²) in [6.45, 7) is 1.93. The van der Waals surface area contributed by atoms with Gasteiger partial charge in [-0.1, -0.05) is 64.1 Å². The van der Waals surface area contributed by atoms with Crippen LogP contribution in [0.2, 0.25) is 0 Å². The molecular weight excluding hydrogens is 212 g/mol. The second kappa shape index (κ2) is 12.6. The Kier molecular flexibility index (Phi) is 12.3. The predicted molar refractivity (Wildman–Crippen MR) is 68.4 cm³/mol. The first kappa shape index (κ1) is 13.6. The van der Waals surface area contributed by atoms with E-state index in [0.717, 1.165) is 0 Å². The molecule has 3 heteroatoms. The van der Waals surface area contributed by atoms with Crippen LogP contribution >= 0.6 is 21.6 Å². The summed E-state index contributed by atoms with van der Waals surface area (Å²) in [6, 6.07) is 12.0. The Bertz CT molecular complexity index is 179. The van der Waals surface area contributed by atoms with E-state index in [-0.39, 0.29) is 6.61 Å². The van der Waals surface area contributed by atoms with Crippen molar-refractivity contribution >= 4 is 21.6 Å². The van der Waals surface area contributed by atoms with E-state index in [1.807, 2.05) is 58.0 Å². The number of rotatable bonds is 0. The summed E-state index contributed by atoms with van der Waals surface area (Å²) in [5.41, 5.74) is 0. The minimum Gasteiger partial charge on any atom is -0.397 e. The summed E-state index contributed by atoms with van der Waals surface area (Å²) in [5, 5.41) is 9.69. The van der Waals surface area contributed by atoms with Gasteiger partial charge in [0.05, 0.1) is 0 Å². The van der Waals surface area contributed by atoms with Gasteiger partial charge in [-0.2, -0.15) is 0 Å². The van der Waals surface area contributed by atoms with Gasteiger partial charge in [-0.15, -0.1) is 0 Å². The van der Waals surface area contributed by atoms with Crippen molar-refractivity contribution in [3.8, 4) is 0 Å². The third-order valence-electron chi connectivity index (χ3n) is 1.05. The third kappa shape index (κ3) is 11.6. The average Bonchev–Trinajstić information content (AvgIpc) is 2.80. The lowest BCUT2D eigenvalue weighted by Crippen LogP contribution is -1.57. The predicted octanol–water partition coefficient (Wildman–Crippen LogP) is 3.58. The van der Waals surface area contributed by atoms with E-state index in [0.29, 0.717) is 0 Å². The molecule has 0 fully saturated rings. The lowest BCUT2D eigenvalue weighted by Gasteiger charge is -1.69. The van der Waals surface area contributed by atoms with Crippen LogP contribution in [0.5, 0.6) is 0 Å². The molecule has 1 aromatic carbocycles. The highest BCUT2D eigenvalue weighted by molar-refractivity contribution is 8.78. The maximum absolute atomic E-state index is 7.57. The average molecular weight is 228 g/mol. The van der Waals surface area contributed by atoms with Crippen molar-refractivity contribution < 1.29 is 5.11 Å². The fourth-order valence-corrected chi connectivity index (χ4v) is 2.15. The quantitative estimate of drug-likeness (QED) is 0.685. The molecule has 0 aromatic heterocycles. The molecule has 2 rings (SSSR count). The van der Waals surface area contributed by atoms with E-state index in [1.165, 1.54) is 5.75 Å². The van der Waals surface area contributed by atoms with Crippen molar-refractivity contribution in [2.45, 2.75) is 6.92 Å². The summed E-state index contributed by atoms with van der Waals surface area (Å²) in [5.74, 6) is 1.20. The van der Waals surface area contributed by atoms with Gasteiger partial charge in [0.25, 0.3) is 0 Å². The van der Waals surface area contributed by atoms with Crippen LogP contribution in [-0.4, -0.2) is 17.5 Å². The zero-order chi connectivity index (χ0) is 10.5. The van der Waals surface area contributed by atoms with Crippen molar-refractivity contribution in [1.29, 1.82) is 0 Å². The molecule has 0 unspecified atom stereocenters. The maximum atomic E-state index is 7.57. The van der Waals surface area contributed by atoms with Gasteiger partial charge < -0.3 is 5.11 Å². The summed E-state index contributed by atoms with van der Waals surface area (Å²) in [4.78, 5) is 0. The van der Waals surface area contributed by atoms with Crippen molar-refractivity contribution in [1.82, 2.24) is 0 Å². The van der Waals surface area contributed by atoms with Crippen LogP contribution in [0.15, 0.2) is 47.9 Å². The van der Waals surface area contributed by atoms with E-state index in [1.54, 1.807) is 6.92 Å². The Morgan fingerprint density at radius 1 is 1.07 bits per heavy atom. The van der Waals surface area contributed by atoms with Crippen LogP contribution in [0.25, 0.3) is 0 Å². The summed E-state index contributed by atoms with van der Waals surface area (Å²) >= 11 is 0. The van der Waals surface area contributed by atoms with Gasteiger partial charge in [0.1, 0.15) is 0 Å².